The highest BCUT2D eigenvalue weighted by molar-refractivity contribution is 5.93. The van der Waals surface area contributed by atoms with Crippen molar-refractivity contribution in [2.45, 2.75) is 13.0 Å². The summed E-state index contributed by atoms with van der Waals surface area (Å²) in [5.41, 5.74) is 2.46. The van der Waals surface area contributed by atoms with Crippen molar-refractivity contribution in [1.82, 2.24) is 19.9 Å². The summed E-state index contributed by atoms with van der Waals surface area (Å²) in [6.45, 7) is 1.02. The van der Waals surface area contributed by atoms with Crippen molar-refractivity contribution < 1.29 is 9.53 Å². The second-order valence-corrected chi connectivity index (χ2v) is 6.77. The van der Waals surface area contributed by atoms with Crippen LogP contribution in [0.15, 0.2) is 59.5 Å². The Morgan fingerprint density at radius 1 is 1.14 bits per heavy atom. The van der Waals surface area contributed by atoms with E-state index in [2.05, 4.69) is 21.4 Å². The maximum Gasteiger partial charge on any atom is 0.287 e. The van der Waals surface area contributed by atoms with Crippen LogP contribution in [-0.2, 0) is 17.7 Å². The molecule has 7 nitrogen and oxygen atoms in total. The van der Waals surface area contributed by atoms with Gasteiger partial charge in [-0.15, -0.1) is 0 Å². The summed E-state index contributed by atoms with van der Waals surface area (Å²) in [5.74, 6) is -0.270. The lowest BCUT2D eigenvalue weighted by Crippen LogP contribution is -2.35. The second-order valence-electron chi connectivity index (χ2n) is 6.77. The Morgan fingerprint density at radius 3 is 2.72 bits per heavy atom. The van der Waals surface area contributed by atoms with Gasteiger partial charge in [-0.3, -0.25) is 14.2 Å². The van der Waals surface area contributed by atoms with Crippen LogP contribution >= 0.6 is 0 Å². The molecule has 148 valence electrons. The van der Waals surface area contributed by atoms with Crippen LogP contribution in [0.3, 0.4) is 0 Å². The van der Waals surface area contributed by atoms with Crippen LogP contribution in [0.25, 0.3) is 21.8 Å². The second kappa shape index (κ2) is 8.28. The Kier molecular flexibility index (Phi) is 5.39. The molecule has 4 rings (SSSR count). The van der Waals surface area contributed by atoms with Crippen LogP contribution < -0.4 is 10.9 Å². The fourth-order valence-corrected chi connectivity index (χ4v) is 3.46. The van der Waals surface area contributed by atoms with Crippen molar-refractivity contribution in [3.63, 3.8) is 0 Å². The van der Waals surface area contributed by atoms with Gasteiger partial charge in [0, 0.05) is 30.8 Å². The van der Waals surface area contributed by atoms with Crippen molar-refractivity contribution in [2.24, 2.45) is 0 Å². The fraction of sp³-hybridized carbons (Fsp3) is 0.227. The molecule has 7 heteroatoms. The molecule has 0 fully saturated rings. The lowest BCUT2D eigenvalue weighted by Gasteiger charge is -2.13. The van der Waals surface area contributed by atoms with Crippen LogP contribution in [0.1, 0.15) is 16.2 Å². The third kappa shape index (κ3) is 3.77. The van der Waals surface area contributed by atoms with Gasteiger partial charge in [-0.25, -0.2) is 4.98 Å². The van der Waals surface area contributed by atoms with E-state index in [0.717, 1.165) is 16.5 Å². The van der Waals surface area contributed by atoms with Crippen molar-refractivity contribution in [2.75, 3.05) is 20.3 Å². The van der Waals surface area contributed by atoms with Crippen LogP contribution in [0, 0.1) is 0 Å². The number of carbonyl (C=O) groups is 1. The Bertz CT molecular complexity index is 1230. The predicted molar refractivity (Wildman–Crippen MR) is 112 cm³/mol. The largest absolute Gasteiger partial charge is 0.383 e. The Morgan fingerprint density at radius 2 is 1.90 bits per heavy atom. The van der Waals surface area contributed by atoms with Gasteiger partial charge in [0.2, 0.25) is 5.82 Å². The van der Waals surface area contributed by atoms with Crippen LogP contribution in [-0.4, -0.2) is 40.7 Å². The molecule has 0 unspecified atom stereocenters. The number of nitrogens with zero attached hydrogens (tertiary/aromatic N) is 2. The number of rotatable bonds is 7. The average Bonchev–Trinajstić information content (AvgIpc) is 3.16. The summed E-state index contributed by atoms with van der Waals surface area (Å²) in [5, 5.41) is 4.52. The molecule has 0 atom stereocenters. The maximum absolute atomic E-state index is 12.8. The number of aromatic nitrogens is 3. The first-order valence-corrected chi connectivity index (χ1v) is 9.50. The average molecular weight is 390 g/mol. The van der Waals surface area contributed by atoms with E-state index < -0.39 is 0 Å². The molecule has 4 aromatic rings. The highest BCUT2D eigenvalue weighted by atomic mass is 16.5. The monoisotopic (exact) mass is 390 g/mol. The van der Waals surface area contributed by atoms with Gasteiger partial charge < -0.3 is 15.0 Å². The van der Waals surface area contributed by atoms with E-state index in [1.54, 1.807) is 31.4 Å². The summed E-state index contributed by atoms with van der Waals surface area (Å²) in [4.78, 5) is 33.4. The van der Waals surface area contributed by atoms with E-state index in [-0.39, 0.29) is 23.8 Å². The minimum absolute atomic E-state index is 0.102. The van der Waals surface area contributed by atoms with Crippen molar-refractivity contribution in [3.8, 4) is 0 Å². The number of H-pyrrole nitrogens is 1. The van der Waals surface area contributed by atoms with Crippen molar-refractivity contribution in [1.29, 1.82) is 0 Å². The molecule has 2 aromatic carbocycles. The molecule has 1 amide bonds. The third-order valence-electron chi connectivity index (χ3n) is 4.94. The van der Waals surface area contributed by atoms with E-state index in [4.69, 9.17) is 4.74 Å². The summed E-state index contributed by atoms with van der Waals surface area (Å²) in [7, 11) is 1.56. The Labute approximate surface area is 167 Å². The molecule has 0 aliphatic carbocycles. The maximum atomic E-state index is 12.8. The molecular weight excluding hydrogens is 368 g/mol. The molecule has 29 heavy (non-hydrogen) atoms. The van der Waals surface area contributed by atoms with Gasteiger partial charge in [0.25, 0.3) is 11.5 Å². The Balaban J connectivity index is 1.56. The quantitative estimate of drug-likeness (QED) is 0.507. The number of nitrogens with one attached hydrogen (secondary N) is 2. The number of para-hydroxylation sites is 2. The minimum Gasteiger partial charge on any atom is -0.383 e. The van der Waals surface area contributed by atoms with Gasteiger partial charge in [0.1, 0.15) is 0 Å². The number of aromatic amines is 1. The number of hydrogen-bond donors (Lipinski definition) is 2. The van der Waals surface area contributed by atoms with Crippen molar-refractivity contribution in [3.05, 3.63) is 76.5 Å². The lowest BCUT2D eigenvalue weighted by atomic mass is 10.1. The highest BCUT2D eigenvalue weighted by Gasteiger charge is 2.17. The van der Waals surface area contributed by atoms with Gasteiger partial charge in [0.05, 0.1) is 24.1 Å². The zero-order valence-corrected chi connectivity index (χ0v) is 16.1. The fourth-order valence-electron chi connectivity index (χ4n) is 3.46. The molecule has 0 radical (unpaired) electrons. The highest BCUT2D eigenvalue weighted by Crippen LogP contribution is 2.17. The van der Waals surface area contributed by atoms with E-state index in [0.29, 0.717) is 30.5 Å². The third-order valence-corrected chi connectivity index (χ3v) is 4.94. The zero-order chi connectivity index (χ0) is 20.2. The minimum atomic E-state index is -0.371. The molecule has 2 aromatic heterocycles. The molecule has 0 aliphatic rings. The van der Waals surface area contributed by atoms with E-state index >= 15 is 0 Å². The number of amides is 1. The zero-order valence-electron chi connectivity index (χ0n) is 16.1. The van der Waals surface area contributed by atoms with Crippen LogP contribution in [0.2, 0.25) is 0 Å². The first-order valence-electron chi connectivity index (χ1n) is 9.50. The number of hydrogen-bond acceptors (Lipinski definition) is 4. The van der Waals surface area contributed by atoms with Crippen LogP contribution in [0.4, 0.5) is 0 Å². The standard InChI is InChI=1S/C22H22N4O3/c1-29-13-12-26-20(25-19-9-5-3-7-17(19)22(26)28)21(27)23-11-10-15-14-24-18-8-4-2-6-16(15)18/h2-9,14,24H,10-13H2,1H3,(H,23,27). The number of ether oxygens (including phenoxy) is 1. The van der Waals surface area contributed by atoms with Gasteiger partial charge in [-0.1, -0.05) is 30.3 Å². The number of benzene rings is 2. The van der Waals surface area contributed by atoms with Gasteiger partial charge in [-0.05, 0) is 30.2 Å². The lowest BCUT2D eigenvalue weighted by molar-refractivity contribution is 0.0934. The molecular formula is C22H22N4O3. The first kappa shape index (κ1) is 18.9. The molecule has 0 saturated carbocycles. The molecule has 0 aliphatic heterocycles. The van der Waals surface area contributed by atoms with Crippen LogP contribution in [0.5, 0.6) is 0 Å². The number of fused-ring (bicyclic) bond motifs is 2. The SMILES string of the molecule is COCCn1c(C(=O)NCCc2c[nH]c3ccccc23)nc2ccccc2c1=O. The van der Waals surface area contributed by atoms with E-state index in [1.165, 1.54) is 4.57 Å². The molecule has 2 N–H and O–H groups in total. The summed E-state index contributed by atoms with van der Waals surface area (Å²) in [6, 6.07) is 15.1. The van der Waals surface area contributed by atoms with Gasteiger partial charge in [-0.2, -0.15) is 0 Å². The molecule has 2 heterocycles. The smallest absolute Gasteiger partial charge is 0.287 e. The first-order chi connectivity index (χ1) is 14.2. The number of methoxy groups -OCH3 is 1. The normalized spacial score (nSPS) is 11.2. The molecule has 0 saturated heterocycles. The van der Waals surface area contributed by atoms with E-state index in [1.807, 2.05) is 24.4 Å². The molecule has 0 spiro atoms. The predicted octanol–water partition coefficient (Wildman–Crippen LogP) is 2.50. The van der Waals surface area contributed by atoms with Crippen molar-refractivity contribution >= 4 is 27.7 Å². The summed E-state index contributed by atoms with van der Waals surface area (Å²) in [6.07, 6.45) is 2.63. The topological polar surface area (TPSA) is 89.0 Å². The van der Waals surface area contributed by atoms with Gasteiger partial charge >= 0.3 is 0 Å². The van der Waals surface area contributed by atoms with Gasteiger partial charge in [0.15, 0.2) is 0 Å². The molecule has 0 bridgehead atoms. The summed E-state index contributed by atoms with van der Waals surface area (Å²) >= 11 is 0. The van der Waals surface area contributed by atoms with E-state index in [9.17, 15) is 9.59 Å². The number of carbonyl (C=O) groups excluding carboxylic acids is 1. The summed E-state index contributed by atoms with van der Waals surface area (Å²) < 4.78 is 6.48. The Hall–Kier alpha value is -3.45.